The second-order valence-electron chi connectivity index (χ2n) is 4.27. The third kappa shape index (κ3) is 2.68. The van der Waals surface area contributed by atoms with E-state index in [4.69, 9.17) is 0 Å². The molecule has 0 aromatic carbocycles. The molecule has 2 unspecified atom stereocenters. The zero-order valence-electron chi connectivity index (χ0n) is 8.97. The van der Waals surface area contributed by atoms with Gasteiger partial charge in [-0.15, -0.1) is 0 Å². The van der Waals surface area contributed by atoms with Crippen LogP contribution in [0.3, 0.4) is 0 Å². The summed E-state index contributed by atoms with van der Waals surface area (Å²) in [6.07, 6.45) is 5.36. The van der Waals surface area contributed by atoms with Gasteiger partial charge >= 0.3 is 0 Å². The minimum absolute atomic E-state index is 0.365. The molecule has 1 aliphatic heterocycles. The predicted octanol–water partition coefficient (Wildman–Crippen LogP) is 1.93. The van der Waals surface area contributed by atoms with E-state index >= 15 is 0 Å². The van der Waals surface area contributed by atoms with Crippen molar-refractivity contribution in [3.63, 3.8) is 0 Å². The molecule has 1 saturated heterocycles. The van der Waals surface area contributed by atoms with Crippen LogP contribution in [-0.4, -0.2) is 23.8 Å². The number of hydrogen-bond donors (Lipinski definition) is 2. The first-order chi connectivity index (χ1) is 6.23. The fraction of sp³-hybridized carbons (Fsp3) is 1.00. The van der Waals surface area contributed by atoms with Gasteiger partial charge in [-0.25, -0.2) is 0 Å². The Labute approximate surface area is 81.7 Å². The minimum Gasteiger partial charge on any atom is -0.390 e. The fourth-order valence-electron chi connectivity index (χ4n) is 2.31. The summed E-state index contributed by atoms with van der Waals surface area (Å²) in [5.41, 5.74) is -0.365. The molecule has 0 aliphatic carbocycles. The van der Waals surface area contributed by atoms with Crippen molar-refractivity contribution in [2.75, 3.05) is 13.1 Å². The summed E-state index contributed by atoms with van der Waals surface area (Å²) < 4.78 is 0. The Balaban J connectivity index is 2.49. The van der Waals surface area contributed by atoms with Gasteiger partial charge in [0.05, 0.1) is 5.60 Å². The molecule has 13 heavy (non-hydrogen) atoms. The molecule has 0 spiro atoms. The van der Waals surface area contributed by atoms with Crippen LogP contribution in [0.25, 0.3) is 0 Å². The number of aliphatic hydroxyl groups is 1. The molecule has 0 radical (unpaired) electrons. The van der Waals surface area contributed by atoms with Crippen LogP contribution in [0.5, 0.6) is 0 Å². The van der Waals surface area contributed by atoms with Gasteiger partial charge in [0.1, 0.15) is 0 Å². The van der Waals surface area contributed by atoms with Gasteiger partial charge in [0, 0.05) is 6.54 Å². The van der Waals surface area contributed by atoms with E-state index in [-0.39, 0.29) is 5.60 Å². The summed E-state index contributed by atoms with van der Waals surface area (Å²) in [5, 5.41) is 13.8. The van der Waals surface area contributed by atoms with Crippen molar-refractivity contribution in [2.24, 2.45) is 5.92 Å². The number of hydrogen-bond acceptors (Lipinski definition) is 2. The summed E-state index contributed by atoms with van der Waals surface area (Å²) >= 11 is 0. The van der Waals surface area contributed by atoms with Crippen LogP contribution >= 0.6 is 0 Å². The first-order valence-corrected chi connectivity index (χ1v) is 5.66. The fourth-order valence-corrected chi connectivity index (χ4v) is 2.31. The summed E-state index contributed by atoms with van der Waals surface area (Å²) in [4.78, 5) is 0. The van der Waals surface area contributed by atoms with Crippen molar-refractivity contribution in [3.05, 3.63) is 0 Å². The molecule has 1 rings (SSSR count). The van der Waals surface area contributed by atoms with E-state index in [1.165, 1.54) is 6.42 Å². The number of unbranched alkanes of at least 4 members (excludes halogenated alkanes) is 1. The Kier molecular flexibility index (Phi) is 4.20. The highest BCUT2D eigenvalue weighted by Gasteiger charge is 2.36. The SMILES string of the molecule is CCCCC1(O)CCNCC1CC. The van der Waals surface area contributed by atoms with Crippen LogP contribution in [0.4, 0.5) is 0 Å². The first kappa shape index (κ1) is 11.0. The average molecular weight is 185 g/mol. The van der Waals surface area contributed by atoms with Crippen molar-refractivity contribution in [1.82, 2.24) is 5.32 Å². The quantitative estimate of drug-likeness (QED) is 0.701. The first-order valence-electron chi connectivity index (χ1n) is 5.66. The molecule has 2 nitrogen and oxygen atoms in total. The van der Waals surface area contributed by atoms with E-state index in [2.05, 4.69) is 19.2 Å². The van der Waals surface area contributed by atoms with Gasteiger partial charge in [-0.05, 0) is 31.7 Å². The molecular formula is C11H23NO. The van der Waals surface area contributed by atoms with E-state index in [1.54, 1.807) is 0 Å². The highest BCUT2D eigenvalue weighted by atomic mass is 16.3. The molecular weight excluding hydrogens is 162 g/mol. The molecule has 0 aromatic rings. The van der Waals surface area contributed by atoms with Gasteiger partial charge in [0.2, 0.25) is 0 Å². The minimum atomic E-state index is -0.365. The molecule has 0 saturated carbocycles. The summed E-state index contributed by atoms with van der Waals surface area (Å²) in [5.74, 6) is 0.466. The Morgan fingerprint density at radius 3 is 2.85 bits per heavy atom. The van der Waals surface area contributed by atoms with Crippen molar-refractivity contribution in [3.8, 4) is 0 Å². The summed E-state index contributed by atoms with van der Waals surface area (Å²) in [7, 11) is 0. The molecule has 2 atom stereocenters. The molecule has 1 heterocycles. The van der Waals surface area contributed by atoms with E-state index in [9.17, 15) is 5.11 Å². The van der Waals surface area contributed by atoms with Crippen LogP contribution < -0.4 is 5.32 Å². The van der Waals surface area contributed by atoms with Crippen molar-refractivity contribution in [2.45, 2.75) is 51.6 Å². The maximum Gasteiger partial charge on any atom is 0.0699 e. The maximum absolute atomic E-state index is 10.4. The molecule has 0 amide bonds. The van der Waals surface area contributed by atoms with Crippen LogP contribution in [-0.2, 0) is 0 Å². The lowest BCUT2D eigenvalue weighted by atomic mass is 9.77. The Morgan fingerprint density at radius 1 is 1.46 bits per heavy atom. The highest BCUT2D eigenvalue weighted by Crippen LogP contribution is 2.31. The summed E-state index contributed by atoms with van der Waals surface area (Å²) in [6.45, 7) is 6.34. The number of rotatable bonds is 4. The van der Waals surface area contributed by atoms with Crippen molar-refractivity contribution < 1.29 is 5.11 Å². The molecule has 0 bridgehead atoms. The second kappa shape index (κ2) is 4.97. The predicted molar refractivity (Wildman–Crippen MR) is 55.7 cm³/mol. The Bertz CT molecular complexity index is 149. The van der Waals surface area contributed by atoms with Gasteiger partial charge in [-0.3, -0.25) is 0 Å². The molecule has 1 aliphatic rings. The van der Waals surface area contributed by atoms with Crippen LogP contribution in [0, 0.1) is 5.92 Å². The Hall–Kier alpha value is -0.0800. The van der Waals surface area contributed by atoms with E-state index in [0.29, 0.717) is 5.92 Å². The third-order valence-electron chi connectivity index (χ3n) is 3.34. The van der Waals surface area contributed by atoms with Gasteiger partial charge in [0.25, 0.3) is 0 Å². The van der Waals surface area contributed by atoms with Crippen LogP contribution in [0.2, 0.25) is 0 Å². The van der Waals surface area contributed by atoms with Crippen molar-refractivity contribution in [1.29, 1.82) is 0 Å². The zero-order chi connectivity index (χ0) is 9.73. The van der Waals surface area contributed by atoms with Gasteiger partial charge < -0.3 is 10.4 Å². The number of piperidine rings is 1. The lowest BCUT2D eigenvalue weighted by Crippen LogP contribution is -2.49. The zero-order valence-corrected chi connectivity index (χ0v) is 8.97. The lowest BCUT2D eigenvalue weighted by Gasteiger charge is -2.40. The van der Waals surface area contributed by atoms with E-state index < -0.39 is 0 Å². The van der Waals surface area contributed by atoms with Gasteiger partial charge in [-0.1, -0.05) is 26.7 Å². The topological polar surface area (TPSA) is 32.3 Å². The van der Waals surface area contributed by atoms with Crippen LogP contribution in [0.15, 0.2) is 0 Å². The number of nitrogens with one attached hydrogen (secondary N) is 1. The van der Waals surface area contributed by atoms with E-state index in [0.717, 1.165) is 38.8 Å². The van der Waals surface area contributed by atoms with Crippen molar-refractivity contribution >= 4 is 0 Å². The van der Waals surface area contributed by atoms with Gasteiger partial charge in [0.15, 0.2) is 0 Å². The summed E-state index contributed by atoms with van der Waals surface area (Å²) in [6, 6.07) is 0. The molecule has 78 valence electrons. The molecule has 2 N–H and O–H groups in total. The monoisotopic (exact) mass is 185 g/mol. The molecule has 2 heteroatoms. The van der Waals surface area contributed by atoms with Gasteiger partial charge in [-0.2, -0.15) is 0 Å². The highest BCUT2D eigenvalue weighted by molar-refractivity contribution is 4.91. The smallest absolute Gasteiger partial charge is 0.0699 e. The normalized spacial score (nSPS) is 34.8. The lowest BCUT2D eigenvalue weighted by molar-refractivity contribution is -0.0501. The second-order valence-corrected chi connectivity index (χ2v) is 4.27. The Morgan fingerprint density at radius 2 is 2.23 bits per heavy atom. The largest absolute Gasteiger partial charge is 0.390 e. The molecule has 1 fully saturated rings. The maximum atomic E-state index is 10.4. The van der Waals surface area contributed by atoms with Crippen LogP contribution in [0.1, 0.15) is 46.0 Å². The third-order valence-corrected chi connectivity index (χ3v) is 3.34. The van der Waals surface area contributed by atoms with E-state index in [1.807, 2.05) is 0 Å². The average Bonchev–Trinajstić information content (AvgIpc) is 2.16. The molecule has 0 aromatic heterocycles. The standard InChI is InChI=1S/C11H23NO/c1-3-5-6-11(13)7-8-12-9-10(11)4-2/h10,12-13H,3-9H2,1-2H3.